The minimum atomic E-state index is -0.544. The van der Waals surface area contributed by atoms with E-state index in [0.29, 0.717) is 55.9 Å². The van der Waals surface area contributed by atoms with Crippen LogP contribution in [0.3, 0.4) is 0 Å². The van der Waals surface area contributed by atoms with E-state index in [0.717, 1.165) is 18.4 Å². The van der Waals surface area contributed by atoms with Crippen molar-refractivity contribution in [2.24, 2.45) is 5.73 Å². The number of hydrogen-bond donors (Lipinski definition) is 3. The highest BCUT2D eigenvalue weighted by Crippen LogP contribution is 2.22. The van der Waals surface area contributed by atoms with Gasteiger partial charge in [-0.1, -0.05) is 29.4 Å². The molecule has 0 saturated carbocycles. The van der Waals surface area contributed by atoms with E-state index in [9.17, 15) is 14.0 Å². The lowest BCUT2D eigenvalue weighted by Gasteiger charge is -2.08. The summed E-state index contributed by atoms with van der Waals surface area (Å²) in [6, 6.07) is 4.40. The third kappa shape index (κ3) is 14.1. The van der Waals surface area contributed by atoms with Crippen molar-refractivity contribution >= 4 is 29.3 Å². The highest BCUT2D eigenvalue weighted by atomic mass is 35.5. The van der Waals surface area contributed by atoms with E-state index in [1.165, 1.54) is 19.4 Å². The summed E-state index contributed by atoms with van der Waals surface area (Å²) in [4.78, 5) is 28.8. The number of aromatic nitrogens is 2. The lowest BCUT2D eigenvalue weighted by Crippen LogP contribution is -2.25. The van der Waals surface area contributed by atoms with Crippen molar-refractivity contribution < 1.29 is 28.1 Å². The zero-order valence-corrected chi connectivity index (χ0v) is 21.4. The molecule has 0 fully saturated rings. The van der Waals surface area contributed by atoms with Gasteiger partial charge in [-0.15, -0.1) is 0 Å². The number of carbonyl (C=O) groups excluding carboxylic acids is 1. The van der Waals surface area contributed by atoms with E-state index >= 15 is 0 Å². The van der Waals surface area contributed by atoms with Crippen LogP contribution in [0.4, 0.5) is 4.39 Å². The Balaban J connectivity index is 0.000000434. The highest BCUT2D eigenvalue weighted by Gasteiger charge is 2.09. The molecular weight excluding hydrogens is 503 g/mol. The fraction of sp³-hybridized carbons (Fsp3) is 0.500. The Labute approximate surface area is 213 Å². The number of methoxy groups -OCH3 is 1. The third-order valence-electron chi connectivity index (χ3n) is 4.03. The average molecular weight is 535 g/mol. The number of thioether (sulfide) groups is 1. The van der Waals surface area contributed by atoms with Crippen molar-refractivity contribution in [3.05, 3.63) is 51.3 Å². The monoisotopic (exact) mass is 534 g/mol. The maximum atomic E-state index is 13.7. The first kappa shape index (κ1) is 30.8. The molecule has 196 valence electrons. The molecule has 10 nitrogen and oxygen atoms in total. The molecule has 1 aromatic heterocycles. The van der Waals surface area contributed by atoms with Crippen molar-refractivity contribution in [1.29, 1.82) is 0 Å². The normalized spacial score (nSPS) is 10.4. The summed E-state index contributed by atoms with van der Waals surface area (Å²) < 4.78 is 34.0. The molecule has 2 aromatic rings. The molecule has 0 aliphatic heterocycles. The number of carbonyl (C=O) groups is 1. The molecular formula is C22H32ClFN4O6S. The second-order valence-electron chi connectivity index (χ2n) is 6.60. The molecule has 0 saturated heterocycles. The van der Waals surface area contributed by atoms with Crippen molar-refractivity contribution in [3.8, 4) is 5.75 Å². The number of nitrogens with one attached hydrogen (secondary N) is 2. The number of rotatable bonds is 15. The van der Waals surface area contributed by atoms with Gasteiger partial charge >= 0.3 is 5.69 Å². The second kappa shape index (κ2) is 19.0. The van der Waals surface area contributed by atoms with Gasteiger partial charge in [0.15, 0.2) is 0 Å². The van der Waals surface area contributed by atoms with E-state index in [1.54, 1.807) is 12.1 Å². The molecule has 1 heterocycles. The van der Waals surface area contributed by atoms with Crippen molar-refractivity contribution in [2.75, 3.05) is 59.0 Å². The maximum absolute atomic E-state index is 13.7. The summed E-state index contributed by atoms with van der Waals surface area (Å²) in [5.41, 5.74) is 5.03. The molecule has 0 radical (unpaired) electrons. The van der Waals surface area contributed by atoms with Crippen LogP contribution in [0.25, 0.3) is 0 Å². The second-order valence-corrected chi connectivity index (χ2v) is 7.99. The summed E-state index contributed by atoms with van der Waals surface area (Å²) >= 11 is 6.92. The molecule has 1 aromatic carbocycles. The molecule has 0 aliphatic carbocycles. The topological polar surface area (TPSA) is 138 Å². The van der Waals surface area contributed by atoms with Gasteiger partial charge in [0.25, 0.3) is 0 Å². The number of benzene rings is 1. The number of nitrogens with two attached hydrogens (primary N) is 1. The van der Waals surface area contributed by atoms with Crippen LogP contribution < -0.4 is 21.5 Å². The van der Waals surface area contributed by atoms with Crippen LogP contribution in [0.2, 0.25) is 5.02 Å². The molecule has 0 aliphatic rings. The summed E-state index contributed by atoms with van der Waals surface area (Å²) in [7, 11) is 1.45. The van der Waals surface area contributed by atoms with E-state index in [-0.39, 0.29) is 23.2 Å². The van der Waals surface area contributed by atoms with Crippen LogP contribution in [-0.4, -0.2) is 74.9 Å². The SMILES string of the molecule is CCOCCOCCOCCN.COc1ccc(CNC(=O)CSc2[nH]c(=O)ncc2Cl)c(F)c1. The summed E-state index contributed by atoms with van der Waals surface area (Å²) in [5, 5.41) is 3.20. The Bertz CT molecular complexity index is 927. The molecule has 0 spiro atoms. The number of amides is 1. The summed E-state index contributed by atoms with van der Waals surface area (Å²) in [6.45, 7) is 6.46. The number of aromatic amines is 1. The van der Waals surface area contributed by atoms with Crippen LogP contribution in [-0.2, 0) is 25.5 Å². The Morgan fingerprint density at radius 1 is 1.20 bits per heavy atom. The number of halogens is 2. The lowest BCUT2D eigenvalue weighted by molar-refractivity contribution is -0.118. The van der Waals surface area contributed by atoms with Gasteiger partial charge in [0.1, 0.15) is 11.6 Å². The van der Waals surface area contributed by atoms with Gasteiger partial charge in [-0.25, -0.2) is 14.2 Å². The number of H-pyrrole nitrogens is 1. The van der Waals surface area contributed by atoms with E-state index in [1.807, 2.05) is 6.92 Å². The molecule has 4 N–H and O–H groups in total. The Hall–Kier alpha value is -2.22. The van der Waals surface area contributed by atoms with Crippen molar-refractivity contribution in [2.45, 2.75) is 18.5 Å². The fourth-order valence-electron chi connectivity index (χ4n) is 2.32. The van der Waals surface area contributed by atoms with Gasteiger partial charge in [-0.2, -0.15) is 0 Å². The maximum Gasteiger partial charge on any atom is 0.345 e. The first-order valence-electron chi connectivity index (χ1n) is 10.8. The minimum Gasteiger partial charge on any atom is -0.497 e. The zero-order valence-electron chi connectivity index (χ0n) is 19.8. The molecule has 0 unspecified atom stereocenters. The van der Waals surface area contributed by atoms with E-state index in [4.69, 9.17) is 36.3 Å². The molecule has 1 amide bonds. The molecule has 2 rings (SSSR count). The van der Waals surface area contributed by atoms with Crippen molar-refractivity contribution in [3.63, 3.8) is 0 Å². The number of hydrogen-bond acceptors (Lipinski definition) is 9. The fourth-order valence-corrected chi connectivity index (χ4v) is 3.30. The number of ether oxygens (including phenoxy) is 4. The summed E-state index contributed by atoms with van der Waals surface area (Å²) in [6.07, 6.45) is 1.22. The molecule has 13 heteroatoms. The van der Waals surface area contributed by atoms with Crippen molar-refractivity contribution in [1.82, 2.24) is 15.3 Å². The average Bonchev–Trinajstić information content (AvgIpc) is 2.85. The van der Waals surface area contributed by atoms with Gasteiger partial charge in [0.2, 0.25) is 5.91 Å². The van der Waals surface area contributed by atoms with Crippen LogP contribution in [0, 0.1) is 5.82 Å². The molecule has 0 bridgehead atoms. The third-order valence-corrected chi connectivity index (χ3v) is 5.44. The first-order chi connectivity index (χ1) is 16.9. The lowest BCUT2D eigenvalue weighted by atomic mass is 10.2. The van der Waals surface area contributed by atoms with Crippen LogP contribution in [0.1, 0.15) is 12.5 Å². The molecule has 0 atom stereocenters. The van der Waals surface area contributed by atoms with Gasteiger partial charge in [0, 0.05) is 31.3 Å². The predicted molar refractivity (Wildman–Crippen MR) is 133 cm³/mol. The quantitative estimate of drug-likeness (QED) is 0.178. The smallest absolute Gasteiger partial charge is 0.345 e. The highest BCUT2D eigenvalue weighted by molar-refractivity contribution is 8.00. The van der Waals surface area contributed by atoms with E-state index < -0.39 is 11.5 Å². The van der Waals surface area contributed by atoms with Crippen LogP contribution >= 0.6 is 23.4 Å². The van der Waals surface area contributed by atoms with Gasteiger partial charge < -0.3 is 30.0 Å². The van der Waals surface area contributed by atoms with Gasteiger partial charge in [-0.3, -0.25) is 9.78 Å². The van der Waals surface area contributed by atoms with E-state index in [2.05, 4.69) is 15.3 Å². The van der Waals surface area contributed by atoms with Crippen LogP contribution in [0.5, 0.6) is 5.75 Å². The van der Waals surface area contributed by atoms with Crippen LogP contribution in [0.15, 0.2) is 34.2 Å². The largest absolute Gasteiger partial charge is 0.497 e. The van der Waals surface area contributed by atoms with Gasteiger partial charge in [0.05, 0.1) is 62.1 Å². The standard InChI is InChI=1S/C14H13ClFN3O3S.C8H19NO3/c1-22-9-3-2-8(11(16)4-9)5-17-12(20)7-23-13-10(15)6-18-14(21)19-13;1-2-10-5-6-12-8-7-11-4-3-9/h2-4,6H,5,7H2,1H3,(H,17,20)(H,18,19,21);2-9H2,1H3. The number of nitrogens with zero attached hydrogens (tertiary/aromatic N) is 1. The Morgan fingerprint density at radius 3 is 2.51 bits per heavy atom. The molecule has 35 heavy (non-hydrogen) atoms. The summed E-state index contributed by atoms with van der Waals surface area (Å²) in [5.74, 6) is -0.348. The minimum absolute atomic E-state index is 0.0252. The zero-order chi connectivity index (χ0) is 25.9. The Kier molecular flexibility index (Phi) is 16.7. The first-order valence-corrected chi connectivity index (χ1v) is 12.2. The Morgan fingerprint density at radius 2 is 1.89 bits per heavy atom. The predicted octanol–water partition coefficient (Wildman–Crippen LogP) is 1.99. The van der Waals surface area contributed by atoms with Gasteiger partial charge in [-0.05, 0) is 13.0 Å².